The van der Waals surface area contributed by atoms with Gasteiger partial charge in [0.15, 0.2) is 5.96 Å². The van der Waals surface area contributed by atoms with E-state index in [1.165, 1.54) is 19.3 Å². The summed E-state index contributed by atoms with van der Waals surface area (Å²) >= 11 is 0. The third-order valence-corrected chi connectivity index (χ3v) is 3.78. The molecule has 6 heteroatoms. The minimum Gasteiger partial charge on any atom is -0.370 e. The lowest BCUT2D eigenvalue weighted by atomic mass is 10.2. The van der Waals surface area contributed by atoms with E-state index in [0.717, 1.165) is 29.9 Å². The van der Waals surface area contributed by atoms with Crippen LogP contribution in [0.3, 0.4) is 0 Å². The van der Waals surface area contributed by atoms with Gasteiger partial charge in [0.2, 0.25) is 0 Å². The Morgan fingerprint density at radius 1 is 1.21 bits per heavy atom. The van der Waals surface area contributed by atoms with Gasteiger partial charge in [0, 0.05) is 18.3 Å². The van der Waals surface area contributed by atoms with Crippen LogP contribution in [0.15, 0.2) is 41.5 Å². The maximum Gasteiger partial charge on any atom is 0.188 e. The van der Waals surface area contributed by atoms with Crippen LogP contribution in [-0.4, -0.2) is 22.3 Å². The average molecular weight is 441 g/mol. The second-order valence-corrected chi connectivity index (χ2v) is 5.71. The molecule has 0 aliphatic carbocycles. The number of unbranched alkanes of at least 4 members (excludes halogenated alkanes) is 3. The highest BCUT2D eigenvalue weighted by Gasteiger charge is 2.05. The molecule has 1 aromatic heterocycles. The van der Waals surface area contributed by atoms with Gasteiger partial charge < -0.3 is 11.1 Å². The Kier molecular flexibility index (Phi) is 9.44. The summed E-state index contributed by atoms with van der Waals surface area (Å²) in [5.41, 5.74) is 9.03. The fraction of sp³-hybridized carbons (Fsp3) is 0.444. The van der Waals surface area contributed by atoms with Crippen molar-refractivity contribution in [2.75, 3.05) is 6.54 Å². The first-order valence-corrected chi connectivity index (χ1v) is 8.35. The van der Waals surface area contributed by atoms with E-state index in [2.05, 4.69) is 22.3 Å². The molecule has 3 N–H and O–H groups in total. The molecule has 0 unspecified atom stereocenters. The van der Waals surface area contributed by atoms with Crippen LogP contribution in [0.2, 0.25) is 0 Å². The summed E-state index contributed by atoms with van der Waals surface area (Å²) in [6, 6.07) is 10.1. The van der Waals surface area contributed by atoms with E-state index in [1.807, 2.05) is 48.1 Å². The molecule has 2 rings (SSSR count). The minimum atomic E-state index is 0. The summed E-state index contributed by atoms with van der Waals surface area (Å²) in [6.45, 7) is 5.64. The molecule has 0 spiro atoms. The van der Waals surface area contributed by atoms with Gasteiger partial charge in [-0.2, -0.15) is 5.10 Å². The number of aryl methyl sites for hydroxylation is 1. The number of halogens is 1. The molecule has 0 saturated heterocycles. The van der Waals surface area contributed by atoms with Crippen LogP contribution < -0.4 is 11.1 Å². The Morgan fingerprint density at radius 2 is 1.96 bits per heavy atom. The standard InChI is InChI=1S/C18H27N5.HI/c1-3-4-5-9-12-20-18(19)21-13-16-14-23(22-15(16)2)17-10-7-6-8-11-17;/h6-8,10-11,14H,3-5,9,12-13H2,1-2H3,(H3,19,20,21);1H. The maximum atomic E-state index is 5.92. The number of aliphatic imine (C=N–C) groups is 1. The predicted octanol–water partition coefficient (Wildman–Crippen LogP) is 3.78. The molecule has 2 aromatic rings. The SMILES string of the molecule is CCCCCCNC(N)=NCc1cn(-c2ccccc2)nc1C.I. The topological polar surface area (TPSA) is 68.2 Å². The Hall–Kier alpha value is -1.57. The summed E-state index contributed by atoms with van der Waals surface area (Å²) in [6.07, 6.45) is 6.91. The number of rotatable bonds is 8. The van der Waals surface area contributed by atoms with Gasteiger partial charge in [0.25, 0.3) is 0 Å². The van der Waals surface area contributed by atoms with Crippen molar-refractivity contribution < 1.29 is 0 Å². The van der Waals surface area contributed by atoms with Gasteiger partial charge in [0.1, 0.15) is 0 Å². The fourth-order valence-electron chi connectivity index (χ4n) is 2.36. The number of nitrogens with zero attached hydrogens (tertiary/aromatic N) is 3. The summed E-state index contributed by atoms with van der Waals surface area (Å²) in [5.74, 6) is 0.508. The predicted molar refractivity (Wildman–Crippen MR) is 111 cm³/mol. The summed E-state index contributed by atoms with van der Waals surface area (Å²) in [5, 5.41) is 7.71. The zero-order valence-corrected chi connectivity index (χ0v) is 16.9. The average Bonchev–Trinajstić information content (AvgIpc) is 2.94. The largest absolute Gasteiger partial charge is 0.370 e. The first kappa shape index (κ1) is 20.5. The van der Waals surface area contributed by atoms with Gasteiger partial charge in [-0.15, -0.1) is 24.0 Å². The molecule has 0 aliphatic heterocycles. The smallest absolute Gasteiger partial charge is 0.188 e. The lowest BCUT2D eigenvalue weighted by Crippen LogP contribution is -2.32. The third-order valence-electron chi connectivity index (χ3n) is 3.78. The number of guanidine groups is 1. The van der Waals surface area contributed by atoms with Crippen molar-refractivity contribution in [1.82, 2.24) is 15.1 Å². The minimum absolute atomic E-state index is 0. The number of hydrogen-bond donors (Lipinski definition) is 2. The van der Waals surface area contributed by atoms with Gasteiger partial charge in [0.05, 0.1) is 17.9 Å². The summed E-state index contributed by atoms with van der Waals surface area (Å²) < 4.78 is 1.88. The van der Waals surface area contributed by atoms with E-state index in [-0.39, 0.29) is 24.0 Å². The van der Waals surface area contributed by atoms with Crippen molar-refractivity contribution in [3.63, 3.8) is 0 Å². The van der Waals surface area contributed by atoms with E-state index in [4.69, 9.17) is 5.73 Å². The Morgan fingerprint density at radius 3 is 2.67 bits per heavy atom. The van der Waals surface area contributed by atoms with Gasteiger partial charge in [-0.1, -0.05) is 44.4 Å². The van der Waals surface area contributed by atoms with Crippen molar-refractivity contribution >= 4 is 29.9 Å². The highest BCUT2D eigenvalue weighted by molar-refractivity contribution is 14.0. The van der Waals surface area contributed by atoms with E-state index in [9.17, 15) is 0 Å². The molecule has 0 atom stereocenters. The molecule has 1 heterocycles. The fourth-order valence-corrected chi connectivity index (χ4v) is 2.36. The van der Waals surface area contributed by atoms with Crippen molar-refractivity contribution in [3.05, 3.63) is 47.8 Å². The molecule has 5 nitrogen and oxygen atoms in total. The Labute approximate surface area is 161 Å². The van der Waals surface area contributed by atoms with E-state index < -0.39 is 0 Å². The molecule has 0 saturated carbocycles. The molecule has 1 aromatic carbocycles. The van der Waals surface area contributed by atoms with Gasteiger partial charge in [-0.05, 0) is 25.5 Å². The number of aromatic nitrogens is 2. The molecule has 0 bridgehead atoms. The number of hydrogen-bond acceptors (Lipinski definition) is 2. The Balaban J connectivity index is 0.00000288. The van der Waals surface area contributed by atoms with Crippen LogP contribution in [0.25, 0.3) is 5.69 Å². The molecule has 24 heavy (non-hydrogen) atoms. The van der Waals surface area contributed by atoms with Crippen LogP contribution in [0.5, 0.6) is 0 Å². The molecule has 0 amide bonds. The van der Waals surface area contributed by atoms with Crippen molar-refractivity contribution in [2.45, 2.75) is 46.1 Å². The summed E-state index contributed by atoms with van der Waals surface area (Å²) in [7, 11) is 0. The number of nitrogens with two attached hydrogens (primary N) is 1. The molecule has 0 aliphatic rings. The maximum absolute atomic E-state index is 5.92. The van der Waals surface area contributed by atoms with Crippen molar-refractivity contribution in [1.29, 1.82) is 0 Å². The normalized spacial score (nSPS) is 11.2. The van der Waals surface area contributed by atoms with Gasteiger partial charge >= 0.3 is 0 Å². The first-order valence-electron chi connectivity index (χ1n) is 8.35. The summed E-state index contributed by atoms with van der Waals surface area (Å²) in [4.78, 5) is 4.41. The van der Waals surface area contributed by atoms with Crippen LogP contribution in [0.4, 0.5) is 0 Å². The monoisotopic (exact) mass is 441 g/mol. The van der Waals surface area contributed by atoms with E-state index in [1.54, 1.807) is 0 Å². The van der Waals surface area contributed by atoms with Crippen LogP contribution in [0, 0.1) is 6.92 Å². The highest BCUT2D eigenvalue weighted by atomic mass is 127. The molecule has 0 fully saturated rings. The number of nitrogens with one attached hydrogen (secondary N) is 1. The van der Waals surface area contributed by atoms with Gasteiger partial charge in [-0.3, -0.25) is 0 Å². The lowest BCUT2D eigenvalue weighted by molar-refractivity contribution is 0.652. The van der Waals surface area contributed by atoms with Gasteiger partial charge in [-0.25, -0.2) is 9.67 Å². The zero-order valence-electron chi connectivity index (χ0n) is 14.5. The Bertz CT molecular complexity index is 622. The molecular formula is C18H28IN5. The molecular weight excluding hydrogens is 413 g/mol. The second kappa shape index (κ2) is 11.1. The zero-order chi connectivity index (χ0) is 16.5. The lowest BCUT2D eigenvalue weighted by Gasteiger charge is -2.04. The van der Waals surface area contributed by atoms with Crippen molar-refractivity contribution in [2.24, 2.45) is 10.7 Å². The number of para-hydroxylation sites is 1. The van der Waals surface area contributed by atoms with Crippen LogP contribution >= 0.6 is 24.0 Å². The number of benzene rings is 1. The van der Waals surface area contributed by atoms with Crippen molar-refractivity contribution in [3.8, 4) is 5.69 Å². The van der Waals surface area contributed by atoms with E-state index in [0.29, 0.717) is 12.5 Å². The highest BCUT2D eigenvalue weighted by Crippen LogP contribution is 2.12. The third kappa shape index (κ3) is 6.51. The quantitative estimate of drug-likeness (QED) is 0.284. The van der Waals surface area contributed by atoms with E-state index >= 15 is 0 Å². The molecule has 0 radical (unpaired) electrons. The molecule has 132 valence electrons. The first-order chi connectivity index (χ1) is 11.2. The van der Waals surface area contributed by atoms with Crippen LogP contribution in [0.1, 0.15) is 43.9 Å². The van der Waals surface area contributed by atoms with Crippen LogP contribution in [-0.2, 0) is 6.54 Å². The second-order valence-electron chi connectivity index (χ2n) is 5.71.